The van der Waals surface area contributed by atoms with E-state index in [9.17, 15) is 19.5 Å². The number of alkyl carbamates (subject to hydrolysis) is 1. The highest BCUT2D eigenvalue weighted by Crippen LogP contribution is 2.22. The number of aliphatic carboxylic acids is 1. The minimum Gasteiger partial charge on any atom is -0.480 e. The number of rotatable bonds is 10. The van der Waals surface area contributed by atoms with Crippen molar-refractivity contribution in [3.8, 4) is 11.5 Å². The SMILES string of the molecule is O=C(NC(CCC(=O)c1ccccc1)C(=O)O)OCc1cccc(Oc2ccccc2)c1. The minimum atomic E-state index is -1.24. The molecule has 3 aromatic carbocycles. The molecule has 7 heteroatoms. The Hall–Kier alpha value is -4.13. The fourth-order valence-corrected chi connectivity index (χ4v) is 2.96. The summed E-state index contributed by atoms with van der Waals surface area (Å²) in [5.74, 6) is -0.165. The first kappa shape index (κ1) is 22.6. The van der Waals surface area contributed by atoms with E-state index >= 15 is 0 Å². The molecule has 0 bridgehead atoms. The number of carboxylic acids is 1. The Bertz CT molecular complexity index is 1050. The van der Waals surface area contributed by atoms with Gasteiger partial charge < -0.3 is 19.9 Å². The summed E-state index contributed by atoms with van der Waals surface area (Å²) in [5.41, 5.74) is 1.18. The summed E-state index contributed by atoms with van der Waals surface area (Å²) in [4.78, 5) is 35.8. The summed E-state index contributed by atoms with van der Waals surface area (Å²) in [6.07, 6.45) is -0.933. The molecule has 164 valence electrons. The summed E-state index contributed by atoms with van der Waals surface area (Å²) in [7, 11) is 0. The predicted octanol–water partition coefficient (Wildman–Crippen LogP) is 4.82. The number of nitrogens with one attached hydrogen (secondary N) is 1. The van der Waals surface area contributed by atoms with Crippen molar-refractivity contribution < 1.29 is 29.0 Å². The van der Waals surface area contributed by atoms with Crippen LogP contribution in [-0.4, -0.2) is 29.0 Å². The molecule has 0 heterocycles. The zero-order valence-corrected chi connectivity index (χ0v) is 17.3. The van der Waals surface area contributed by atoms with Gasteiger partial charge in [-0.05, 0) is 36.2 Å². The molecule has 0 aromatic heterocycles. The summed E-state index contributed by atoms with van der Waals surface area (Å²) in [6.45, 7) is -0.0624. The molecule has 0 saturated carbocycles. The highest BCUT2D eigenvalue weighted by atomic mass is 16.5. The predicted molar refractivity (Wildman–Crippen MR) is 118 cm³/mol. The Kier molecular flexibility index (Phi) is 7.97. The first-order valence-electron chi connectivity index (χ1n) is 10.1. The van der Waals surface area contributed by atoms with Crippen LogP contribution in [0.25, 0.3) is 0 Å². The molecule has 3 aromatic rings. The molecule has 7 nitrogen and oxygen atoms in total. The number of amides is 1. The van der Waals surface area contributed by atoms with Crippen molar-refractivity contribution in [2.24, 2.45) is 0 Å². The van der Waals surface area contributed by atoms with Crippen molar-refractivity contribution in [1.29, 1.82) is 0 Å². The van der Waals surface area contributed by atoms with E-state index < -0.39 is 18.1 Å². The minimum absolute atomic E-state index is 0.0138. The van der Waals surface area contributed by atoms with Crippen LogP contribution in [0.5, 0.6) is 11.5 Å². The smallest absolute Gasteiger partial charge is 0.408 e. The van der Waals surface area contributed by atoms with Crippen molar-refractivity contribution in [2.45, 2.75) is 25.5 Å². The van der Waals surface area contributed by atoms with Crippen LogP contribution in [0.15, 0.2) is 84.9 Å². The molecule has 0 aliphatic heterocycles. The molecular formula is C25H23NO6. The standard InChI is InChI=1S/C25H23NO6/c27-23(19-9-3-1-4-10-19)15-14-22(24(28)29)26-25(30)31-17-18-8-7-13-21(16-18)32-20-11-5-2-6-12-20/h1-13,16,22H,14-15,17H2,(H,26,30)(H,28,29). The lowest BCUT2D eigenvalue weighted by Gasteiger charge is -2.14. The van der Waals surface area contributed by atoms with Crippen molar-refractivity contribution in [2.75, 3.05) is 0 Å². The lowest BCUT2D eigenvalue weighted by atomic mass is 10.0. The lowest BCUT2D eigenvalue weighted by Crippen LogP contribution is -2.41. The number of Topliss-reactive ketones (excluding diaryl/α,β-unsaturated/α-hetero) is 1. The Morgan fingerprint density at radius 1 is 0.844 bits per heavy atom. The van der Waals surface area contributed by atoms with Crippen molar-refractivity contribution in [3.05, 3.63) is 96.1 Å². The van der Waals surface area contributed by atoms with Crippen molar-refractivity contribution in [1.82, 2.24) is 5.32 Å². The molecule has 0 saturated heterocycles. The molecule has 0 spiro atoms. The van der Waals surface area contributed by atoms with Gasteiger partial charge in [0.15, 0.2) is 5.78 Å². The molecule has 1 amide bonds. The Labute approximate surface area is 185 Å². The lowest BCUT2D eigenvalue weighted by molar-refractivity contribution is -0.139. The maximum absolute atomic E-state index is 12.2. The van der Waals surface area contributed by atoms with Crippen LogP contribution in [0.2, 0.25) is 0 Å². The fraction of sp³-hybridized carbons (Fsp3) is 0.160. The first-order chi connectivity index (χ1) is 15.5. The number of carbonyl (C=O) groups is 3. The van der Waals surface area contributed by atoms with E-state index in [0.717, 1.165) is 0 Å². The van der Waals surface area contributed by atoms with E-state index in [0.29, 0.717) is 22.6 Å². The number of carbonyl (C=O) groups excluding carboxylic acids is 2. The van der Waals surface area contributed by atoms with E-state index in [1.54, 1.807) is 54.6 Å². The third-order valence-electron chi connectivity index (χ3n) is 4.59. The number of carboxylic acid groups (broad SMARTS) is 1. The zero-order valence-electron chi connectivity index (χ0n) is 17.3. The van der Waals surface area contributed by atoms with Gasteiger partial charge in [-0.15, -0.1) is 0 Å². The molecule has 0 fully saturated rings. The van der Waals surface area contributed by atoms with Gasteiger partial charge in [0, 0.05) is 12.0 Å². The second-order valence-electron chi connectivity index (χ2n) is 7.00. The third kappa shape index (κ3) is 6.98. The molecule has 0 aliphatic carbocycles. The summed E-state index contributed by atoms with van der Waals surface area (Å²) in [6, 6.07) is 23.6. The van der Waals surface area contributed by atoms with Gasteiger partial charge in [-0.25, -0.2) is 9.59 Å². The van der Waals surface area contributed by atoms with Gasteiger partial charge in [-0.3, -0.25) is 4.79 Å². The number of ketones is 1. The quantitative estimate of drug-likeness (QED) is 0.445. The van der Waals surface area contributed by atoms with Crippen molar-refractivity contribution >= 4 is 17.8 Å². The zero-order chi connectivity index (χ0) is 22.8. The maximum atomic E-state index is 12.2. The Morgan fingerprint density at radius 3 is 2.19 bits per heavy atom. The second kappa shape index (κ2) is 11.3. The van der Waals surface area contributed by atoms with Gasteiger partial charge in [0.25, 0.3) is 0 Å². The van der Waals surface area contributed by atoms with Crippen LogP contribution in [-0.2, 0) is 16.1 Å². The normalized spacial score (nSPS) is 11.2. The van der Waals surface area contributed by atoms with Gasteiger partial charge in [0.1, 0.15) is 24.1 Å². The van der Waals surface area contributed by atoms with E-state index in [4.69, 9.17) is 9.47 Å². The van der Waals surface area contributed by atoms with Crippen LogP contribution in [0.1, 0.15) is 28.8 Å². The van der Waals surface area contributed by atoms with Crippen LogP contribution < -0.4 is 10.1 Å². The van der Waals surface area contributed by atoms with Crippen LogP contribution in [0, 0.1) is 0 Å². The van der Waals surface area contributed by atoms with Gasteiger partial charge in [0.2, 0.25) is 0 Å². The topological polar surface area (TPSA) is 102 Å². The molecule has 3 rings (SSSR count). The number of hydrogen-bond donors (Lipinski definition) is 2. The van der Waals surface area contributed by atoms with Crippen molar-refractivity contribution in [3.63, 3.8) is 0 Å². The molecule has 1 atom stereocenters. The van der Waals surface area contributed by atoms with E-state index in [2.05, 4.69) is 5.32 Å². The van der Waals surface area contributed by atoms with Gasteiger partial charge in [-0.1, -0.05) is 60.7 Å². The van der Waals surface area contributed by atoms with E-state index in [1.165, 1.54) is 0 Å². The Morgan fingerprint density at radius 2 is 1.50 bits per heavy atom. The first-order valence-corrected chi connectivity index (χ1v) is 10.1. The van der Waals surface area contributed by atoms with Crippen LogP contribution >= 0.6 is 0 Å². The van der Waals surface area contributed by atoms with Gasteiger partial charge in [-0.2, -0.15) is 0 Å². The number of benzene rings is 3. The molecular weight excluding hydrogens is 410 g/mol. The fourth-order valence-electron chi connectivity index (χ4n) is 2.96. The van der Waals surface area contributed by atoms with E-state index in [-0.39, 0.29) is 25.2 Å². The van der Waals surface area contributed by atoms with Crippen LogP contribution in [0.4, 0.5) is 4.79 Å². The highest BCUT2D eigenvalue weighted by molar-refractivity contribution is 5.96. The monoisotopic (exact) mass is 433 g/mol. The summed E-state index contributed by atoms with van der Waals surface area (Å²) < 4.78 is 10.9. The molecule has 2 N–H and O–H groups in total. The maximum Gasteiger partial charge on any atom is 0.408 e. The Balaban J connectivity index is 1.49. The molecule has 32 heavy (non-hydrogen) atoms. The molecule has 0 aliphatic rings. The summed E-state index contributed by atoms with van der Waals surface area (Å²) >= 11 is 0. The number of hydrogen-bond acceptors (Lipinski definition) is 5. The average Bonchev–Trinajstić information content (AvgIpc) is 2.81. The summed E-state index contributed by atoms with van der Waals surface area (Å²) in [5, 5.41) is 11.7. The number of para-hydroxylation sites is 1. The van der Waals surface area contributed by atoms with Crippen LogP contribution in [0.3, 0.4) is 0 Å². The van der Waals surface area contributed by atoms with E-state index in [1.807, 2.05) is 30.3 Å². The molecule has 0 radical (unpaired) electrons. The molecule has 1 unspecified atom stereocenters. The third-order valence-corrected chi connectivity index (χ3v) is 4.59. The number of ether oxygens (including phenoxy) is 2. The highest BCUT2D eigenvalue weighted by Gasteiger charge is 2.22. The largest absolute Gasteiger partial charge is 0.480 e. The average molecular weight is 433 g/mol. The van der Waals surface area contributed by atoms with Gasteiger partial charge >= 0.3 is 12.1 Å². The van der Waals surface area contributed by atoms with Gasteiger partial charge in [0.05, 0.1) is 0 Å². The second-order valence-corrected chi connectivity index (χ2v) is 7.00.